The highest BCUT2D eigenvalue weighted by Gasteiger charge is 2.25. The normalized spacial score (nSPS) is 18.2. The molecule has 1 fully saturated rings. The average Bonchev–Trinajstić information content (AvgIpc) is 2.54. The maximum absolute atomic E-state index is 13.6. The number of rotatable bonds is 3. The van der Waals surface area contributed by atoms with Gasteiger partial charge in [-0.25, -0.2) is 4.39 Å². The van der Waals surface area contributed by atoms with Crippen LogP contribution in [0.15, 0.2) is 24.3 Å². The molecule has 6 heteroatoms. The minimum absolute atomic E-state index is 0.212. The topological polar surface area (TPSA) is 51.7 Å². The lowest BCUT2D eigenvalue weighted by atomic mass is 10.1. The number of aromatic nitrogens is 1. The smallest absolute Gasteiger partial charge is 0.308 e. The van der Waals surface area contributed by atoms with Gasteiger partial charge in [-0.3, -0.25) is 9.78 Å². The molecule has 1 unspecified atom stereocenters. The van der Waals surface area contributed by atoms with E-state index in [2.05, 4.69) is 9.88 Å². The quantitative estimate of drug-likeness (QED) is 0.814. The van der Waals surface area contributed by atoms with Gasteiger partial charge in [0, 0.05) is 29.9 Å². The molecule has 1 aromatic carbocycles. The van der Waals surface area contributed by atoms with E-state index < -0.39 is 0 Å². The lowest BCUT2D eigenvalue weighted by molar-refractivity contribution is -0.144. The molecule has 1 saturated heterocycles. The third kappa shape index (κ3) is 3.42. The number of carbonyl (C=O) groups excluding carboxylic acids is 1. The highest BCUT2D eigenvalue weighted by molar-refractivity contribution is 5.92. The van der Waals surface area contributed by atoms with Crippen LogP contribution < -0.4 is 4.90 Å². The zero-order chi connectivity index (χ0) is 16.4. The predicted molar refractivity (Wildman–Crippen MR) is 85.0 cm³/mol. The lowest BCUT2D eigenvalue weighted by Crippen LogP contribution is -2.43. The van der Waals surface area contributed by atoms with Gasteiger partial charge in [-0.1, -0.05) is 0 Å². The number of carbonyl (C=O) groups is 1. The van der Waals surface area contributed by atoms with Gasteiger partial charge < -0.3 is 14.4 Å². The van der Waals surface area contributed by atoms with Crippen molar-refractivity contribution >= 4 is 22.6 Å². The molecule has 0 N–H and O–H groups in total. The molecule has 23 heavy (non-hydrogen) atoms. The fourth-order valence-electron chi connectivity index (χ4n) is 2.90. The van der Waals surface area contributed by atoms with Crippen LogP contribution in [0.25, 0.3) is 10.9 Å². The Morgan fingerprint density at radius 2 is 2.30 bits per heavy atom. The maximum atomic E-state index is 13.6. The number of hydrogen-bond donors (Lipinski definition) is 0. The Morgan fingerprint density at radius 3 is 3.09 bits per heavy atom. The van der Waals surface area contributed by atoms with Crippen LogP contribution in [0, 0.1) is 12.7 Å². The van der Waals surface area contributed by atoms with Crippen LogP contribution in [-0.4, -0.2) is 43.9 Å². The second kappa shape index (κ2) is 6.50. The number of nitrogens with zero attached hydrogens (tertiary/aromatic N) is 2. The van der Waals surface area contributed by atoms with Gasteiger partial charge in [-0.05, 0) is 31.2 Å². The zero-order valence-corrected chi connectivity index (χ0v) is 13.2. The Labute approximate surface area is 134 Å². The van der Waals surface area contributed by atoms with Gasteiger partial charge in [-0.2, -0.15) is 0 Å². The molecular formula is C17H19FN2O3. The van der Waals surface area contributed by atoms with Crippen molar-refractivity contribution in [2.75, 3.05) is 31.7 Å². The van der Waals surface area contributed by atoms with Gasteiger partial charge in [0.15, 0.2) is 0 Å². The molecule has 2 heterocycles. The van der Waals surface area contributed by atoms with E-state index in [1.807, 2.05) is 13.0 Å². The molecule has 1 aromatic heterocycles. The summed E-state index contributed by atoms with van der Waals surface area (Å²) in [7, 11) is 1.37. The van der Waals surface area contributed by atoms with Crippen molar-refractivity contribution in [3.05, 3.63) is 35.8 Å². The Balaban J connectivity index is 1.92. The van der Waals surface area contributed by atoms with Crippen LogP contribution in [0.3, 0.4) is 0 Å². The van der Waals surface area contributed by atoms with Crippen molar-refractivity contribution < 1.29 is 18.7 Å². The molecular weight excluding hydrogens is 299 g/mol. The summed E-state index contributed by atoms with van der Waals surface area (Å²) >= 11 is 0. The Hall–Kier alpha value is -2.21. The van der Waals surface area contributed by atoms with Gasteiger partial charge in [-0.15, -0.1) is 0 Å². The predicted octanol–water partition coefficient (Wildman–Crippen LogP) is 2.45. The minimum atomic E-state index is -0.293. The van der Waals surface area contributed by atoms with Gasteiger partial charge >= 0.3 is 5.97 Å². The number of methoxy groups -OCH3 is 1. The fourth-order valence-corrected chi connectivity index (χ4v) is 2.90. The van der Waals surface area contributed by atoms with Crippen LogP contribution in [0.5, 0.6) is 0 Å². The fraction of sp³-hybridized carbons (Fsp3) is 0.412. The lowest BCUT2D eigenvalue weighted by Gasteiger charge is -2.34. The molecule has 1 aliphatic rings. The number of anilines is 1. The van der Waals surface area contributed by atoms with Crippen molar-refractivity contribution in [2.24, 2.45) is 0 Å². The number of benzene rings is 1. The van der Waals surface area contributed by atoms with Crippen molar-refractivity contribution in [2.45, 2.75) is 19.4 Å². The third-order valence-corrected chi connectivity index (χ3v) is 3.98. The summed E-state index contributed by atoms with van der Waals surface area (Å²) in [6.45, 7) is 3.68. The van der Waals surface area contributed by atoms with Gasteiger partial charge in [0.05, 0.1) is 31.8 Å². The molecule has 0 aliphatic carbocycles. The van der Waals surface area contributed by atoms with Crippen LogP contribution in [0.4, 0.5) is 10.1 Å². The highest BCUT2D eigenvalue weighted by atomic mass is 19.1. The molecule has 1 atom stereocenters. The summed E-state index contributed by atoms with van der Waals surface area (Å²) in [5.41, 5.74) is 2.55. The second-order valence-electron chi connectivity index (χ2n) is 5.66. The van der Waals surface area contributed by atoms with E-state index in [4.69, 9.17) is 9.47 Å². The molecule has 0 bridgehead atoms. The van der Waals surface area contributed by atoms with E-state index >= 15 is 0 Å². The maximum Gasteiger partial charge on any atom is 0.308 e. The van der Waals surface area contributed by atoms with E-state index in [9.17, 15) is 9.18 Å². The number of morpholine rings is 1. The molecule has 122 valence electrons. The van der Waals surface area contributed by atoms with Crippen LogP contribution in [0.2, 0.25) is 0 Å². The number of halogens is 1. The van der Waals surface area contributed by atoms with Gasteiger partial charge in [0.1, 0.15) is 5.82 Å². The molecule has 0 spiro atoms. The van der Waals surface area contributed by atoms with Gasteiger partial charge in [0.25, 0.3) is 0 Å². The number of pyridine rings is 1. The summed E-state index contributed by atoms with van der Waals surface area (Å²) in [5, 5.41) is 0.773. The summed E-state index contributed by atoms with van der Waals surface area (Å²) in [6.07, 6.45) is -0.0168. The monoisotopic (exact) mass is 318 g/mol. The van der Waals surface area contributed by atoms with Crippen LogP contribution in [0.1, 0.15) is 12.1 Å². The van der Waals surface area contributed by atoms with E-state index in [-0.39, 0.29) is 24.3 Å². The number of aryl methyl sites for hydroxylation is 1. The largest absolute Gasteiger partial charge is 0.469 e. The Kier molecular flexibility index (Phi) is 4.43. The first-order valence-electron chi connectivity index (χ1n) is 7.57. The summed E-state index contributed by atoms with van der Waals surface area (Å²) in [5.74, 6) is -0.581. The summed E-state index contributed by atoms with van der Waals surface area (Å²) < 4.78 is 24.0. The van der Waals surface area contributed by atoms with Gasteiger partial charge in [0.2, 0.25) is 0 Å². The molecule has 0 amide bonds. The second-order valence-corrected chi connectivity index (χ2v) is 5.66. The Bertz CT molecular complexity index is 735. The SMILES string of the molecule is COC(=O)CC1CN(c2cc(C)nc3ccc(F)cc23)CCO1. The summed E-state index contributed by atoms with van der Waals surface area (Å²) in [6, 6.07) is 6.55. The first-order valence-corrected chi connectivity index (χ1v) is 7.57. The third-order valence-electron chi connectivity index (χ3n) is 3.98. The molecule has 0 saturated carbocycles. The number of fused-ring (bicyclic) bond motifs is 1. The zero-order valence-electron chi connectivity index (χ0n) is 13.2. The molecule has 2 aromatic rings. The van der Waals surface area contributed by atoms with E-state index in [1.165, 1.54) is 19.2 Å². The number of ether oxygens (including phenoxy) is 2. The number of esters is 1. The van der Waals surface area contributed by atoms with Crippen LogP contribution >= 0.6 is 0 Å². The summed E-state index contributed by atoms with van der Waals surface area (Å²) in [4.78, 5) is 18.0. The van der Waals surface area contributed by atoms with E-state index in [0.717, 1.165) is 22.3 Å². The van der Waals surface area contributed by atoms with E-state index in [1.54, 1.807) is 6.07 Å². The number of hydrogen-bond acceptors (Lipinski definition) is 5. The van der Waals surface area contributed by atoms with Crippen molar-refractivity contribution in [3.63, 3.8) is 0 Å². The Morgan fingerprint density at radius 1 is 1.48 bits per heavy atom. The van der Waals surface area contributed by atoms with Crippen molar-refractivity contribution in [1.82, 2.24) is 4.98 Å². The molecule has 0 radical (unpaired) electrons. The van der Waals surface area contributed by atoms with E-state index in [0.29, 0.717) is 19.7 Å². The molecule has 3 rings (SSSR count). The average molecular weight is 318 g/mol. The highest BCUT2D eigenvalue weighted by Crippen LogP contribution is 2.29. The molecule has 5 nitrogen and oxygen atoms in total. The van der Waals surface area contributed by atoms with Crippen LogP contribution in [-0.2, 0) is 14.3 Å². The standard InChI is InChI=1S/C17H19FN2O3/c1-11-7-16(14-8-12(18)3-4-15(14)19-11)20-5-6-23-13(10-20)9-17(21)22-2/h3-4,7-8,13H,5-6,9-10H2,1-2H3. The first kappa shape index (κ1) is 15.7. The van der Waals surface area contributed by atoms with Crippen molar-refractivity contribution in [1.29, 1.82) is 0 Å². The van der Waals surface area contributed by atoms with Crippen molar-refractivity contribution in [3.8, 4) is 0 Å². The molecule has 1 aliphatic heterocycles. The first-order chi connectivity index (χ1) is 11.1. The minimum Gasteiger partial charge on any atom is -0.469 e.